The Bertz CT molecular complexity index is 735. The maximum absolute atomic E-state index is 12.1. The standard InChI is InChI=1S/C19H27N5O3/c1-24(2)9-5-8-20-18(25)15-12-22-19(23-13-15)21-11-14-6-7-16(26-3)17(10-14)27-4/h6-7,10,12-13H,5,8-9,11H2,1-4H3,(H,20,25)(H,21,22,23). The van der Waals surface area contributed by atoms with Crippen LogP contribution in [0.15, 0.2) is 30.6 Å². The lowest BCUT2D eigenvalue weighted by molar-refractivity contribution is 0.0951. The normalized spacial score (nSPS) is 10.6. The topological polar surface area (TPSA) is 88.6 Å². The SMILES string of the molecule is COc1ccc(CNc2ncc(C(=O)NCCCN(C)C)cn2)cc1OC. The lowest BCUT2D eigenvalue weighted by atomic mass is 10.2. The van der Waals surface area contributed by atoms with E-state index in [1.807, 2.05) is 32.3 Å². The molecule has 1 aromatic carbocycles. The van der Waals surface area contributed by atoms with Crippen LogP contribution >= 0.6 is 0 Å². The van der Waals surface area contributed by atoms with Crippen molar-refractivity contribution in [3.05, 3.63) is 41.7 Å². The molecular weight excluding hydrogens is 346 g/mol. The summed E-state index contributed by atoms with van der Waals surface area (Å²) in [5.41, 5.74) is 1.44. The summed E-state index contributed by atoms with van der Waals surface area (Å²) in [5, 5.41) is 5.99. The Kier molecular flexibility index (Phi) is 7.81. The summed E-state index contributed by atoms with van der Waals surface area (Å²) >= 11 is 0. The van der Waals surface area contributed by atoms with Crippen molar-refractivity contribution in [2.24, 2.45) is 0 Å². The van der Waals surface area contributed by atoms with E-state index >= 15 is 0 Å². The second kappa shape index (κ2) is 10.3. The summed E-state index contributed by atoms with van der Waals surface area (Å²) in [6, 6.07) is 5.67. The molecule has 0 saturated heterocycles. The highest BCUT2D eigenvalue weighted by Gasteiger charge is 2.08. The monoisotopic (exact) mass is 373 g/mol. The second-order valence-corrected chi connectivity index (χ2v) is 6.25. The van der Waals surface area contributed by atoms with Crippen LogP contribution in [0.4, 0.5) is 5.95 Å². The smallest absolute Gasteiger partial charge is 0.254 e. The van der Waals surface area contributed by atoms with Crippen LogP contribution in [-0.2, 0) is 6.54 Å². The number of rotatable bonds is 10. The minimum atomic E-state index is -0.166. The van der Waals surface area contributed by atoms with E-state index in [4.69, 9.17) is 9.47 Å². The largest absolute Gasteiger partial charge is 0.493 e. The molecule has 0 aliphatic heterocycles. The van der Waals surface area contributed by atoms with E-state index in [-0.39, 0.29) is 5.91 Å². The van der Waals surface area contributed by atoms with E-state index in [1.54, 1.807) is 14.2 Å². The van der Waals surface area contributed by atoms with Gasteiger partial charge in [0.25, 0.3) is 5.91 Å². The van der Waals surface area contributed by atoms with E-state index < -0.39 is 0 Å². The number of nitrogens with one attached hydrogen (secondary N) is 2. The molecule has 0 bridgehead atoms. The first-order valence-corrected chi connectivity index (χ1v) is 8.73. The minimum absolute atomic E-state index is 0.166. The Morgan fingerprint density at radius 3 is 2.44 bits per heavy atom. The van der Waals surface area contributed by atoms with Gasteiger partial charge in [-0.2, -0.15) is 0 Å². The molecule has 146 valence electrons. The van der Waals surface area contributed by atoms with Crippen LogP contribution in [0.3, 0.4) is 0 Å². The number of benzene rings is 1. The molecule has 0 aliphatic carbocycles. The van der Waals surface area contributed by atoms with Crippen LogP contribution < -0.4 is 20.1 Å². The van der Waals surface area contributed by atoms with Crippen molar-refractivity contribution in [3.8, 4) is 11.5 Å². The zero-order valence-electron chi connectivity index (χ0n) is 16.3. The summed E-state index contributed by atoms with van der Waals surface area (Å²) < 4.78 is 10.5. The quantitative estimate of drug-likeness (QED) is 0.614. The molecule has 2 N–H and O–H groups in total. The van der Waals surface area contributed by atoms with Crippen molar-refractivity contribution in [1.29, 1.82) is 0 Å². The Balaban J connectivity index is 1.85. The van der Waals surface area contributed by atoms with Crippen molar-refractivity contribution in [1.82, 2.24) is 20.2 Å². The Labute approximate surface area is 159 Å². The van der Waals surface area contributed by atoms with Crippen molar-refractivity contribution in [2.75, 3.05) is 46.7 Å². The van der Waals surface area contributed by atoms with Crippen molar-refractivity contribution >= 4 is 11.9 Å². The molecule has 0 saturated carbocycles. The maximum atomic E-state index is 12.1. The van der Waals surface area contributed by atoms with Gasteiger partial charge in [0, 0.05) is 25.5 Å². The summed E-state index contributed by atoms with van der Waals surface area (Å²) in [6.07, 6.45) is 3.93. The average molecular weight is 373 g/mol. The van der Waals surface area contributed by atoms with Crippen molar-refractivity contribution < 1.29 is 14.3 Å². The molecule has 1 aromatic heterocycles. The number of nitrogens with zero attached hydrogens (tertiary/aromatic N) is 3. The third kappa shape index (κ3) is 6.41. The third-order valence-electron chi connectivity index (χ3n) is 3.88. The summed E-state index contributed by atoms with van der Waals surface area (Å²) in [7, 11) is 7.21. The van der Waals surface area contributed by atoms with Gasteiger partial charge in [0.2, 0.25) is 5.95 Å². The molecule has 0 aliphatic rings. The minimum Gasteiger partial charge on any atom is -0.493 e. The highest BCUT2D eigenvalue weighted by molar-refractivity contribution is 5.93. The third-order valence-corrected chi connectivity index (χ3v) is 3.88. The van der Waals surface area contributed by atoms with Crippen LogP contribution in [0.5, 0.6) is 11.5 Å². The van der Waals surface area contributed by atoms with Crippen LogP contribution in [-0.4, -0.2) is 62.2 Å². The van der Waals surface area contributed by atoms with Gasteiger partial charge in [-0.25, -0.2) is 9.97 Å². The maximum Gasteiger partial charge on any atom is 0.254 e. The van der Waals surface area contributed by atoms with Gasteiger partial charge < -0.3 is 25.0 Å². The van der Waals surface area contributed by atoms with Crippen LogP contribution in [0.25, 0.3) is 0 Å². The number of hydrogen-bond acceptors (Lipinski definition) is 7. The lowest BCUT2D eigenvalue weighted by Crippen LogP contribution is -2.27. The molecular formula is C19H27N5O3. The van der Waals surface area contributed by atoms with E-state index in [1.165, 1.54) is 12.4 Å². The number of amides is 1. The fourth-order valence-corrected chi connectivity index (χ4v) is 2.41. The van der Waals surface area contributed by atoms with E-state index in [2.05, 4.69) is 25.5 Å². The van der Waals surface area contributed by atoms with Crippen molar-refractivity contribution in [2.45, 2.75) is 13.0 Å². The Morgan fingerprint density at radius 2 is 1.81 bits per heavy atom. The predicted octanol–water partition coefficient (Wildman–Crippen LogP) is 1.79. The molecule has 0 fully saturated rings. The van der Waals surface area contributed by atoms with Gasteiger partial charge in [-0.05, 0) is 44.8 Å². The first-order valence-electron chi connectivity index (χ1n) is 8.73. The predicted molar refractivity (Wildman–Crippen MR) is 104 cm³/mol. The van der Waals surface area contributed by atoms with E-state index in [0.717, 1.165) is 18.5 Å². The van der Waals surface area contributed by atoms with E-state index in [0.29, 0.717) is 36.1 Å². The zero-order valence-corrected chi connectivity index (χ0v) is 16.3. The summed E-state index contributed by atoms with van der Waals surface area (Å²) in [6.45, 7) is 2.07. The lowest BCUT2D eigenvalue weighted by Gasteiger charge is -2.11. The number of carbonyl (C=O) groups excluding carboxylic acids is 1. The molecule has 0 spiro atoms. The highest BCUT2D eigenvalue weighted by atomic mass is 16.5. The van der Waals surface area contributed by atoms with Gasteiger partial charge in [-0.1, -0.05) is 6.07 Å². The number of hydrogen-bond donors (Lipinski definition) is 2. The van der Waals surface area contributed by atoms with Crippen LogP contribution in [0, 0.1) is 0 Å². The molecule has 8 nitrogen and oxygen atoms in total. The van der Waals surface area contributed by atoms with Crippen LogP contribution in [0.2, 0.25) is 0 Å². The fourth-order valence-electron chi connectivity index (χ4n) is 2.41. The second-order valence-electron chi connectivity index (χ2n) is 6.25. The molecule has 27 heavy (non-hydrogen) atoms. The Morgan fingerprint density at radius 1 is 1.11 bits per heavy atom. The number of ether oxygens (including phenoxy) is 2. The number of aromatic nitrogens is 2. The van der Waals surface area contributed by atoms with Crippen LogP contribution in [0.1, 0.15) is 22.3 Å². The first-order chi connectivity index (χ1) is 13.0. The van der Waals surface area contributed by atoms with Gasteiger partial charge in [-0.3, -0.25) is 4.79 Å². The number of methoxy groups -OCH3 is 2. The fraction of sp³-hybridized carbons (Fsp3) is 0.421. The number of carbonyl (C=O) groups is 1. The molecule has 1 amide bonds. The van der Waals surface area contributed by atoms with Gasteiger partial charge in [0.05, 0.1) is 19.8 Å². The van der Waals surface area contributed by atoms with Gasteiger partial charge in [0.1, 0.15) is 0 Å². The molecule has 1 heterocycles. The average Bonchev–Trinajstić information content (AvgIpc) is 2.69. The molecule has 2 aromatic rings. The zero-order chi connectivity index (χ0) is 19.6. The number of anilines is 1. The van der Waals surface area contributed by atoms with Gasteiger partial charge in [-0.15, -0.1) is 0 Å². The highest BCUT2D eigenvalue weighted by Crippen LogP contribution is 2.27. The van der Waals surface area contributed by atoms with Gasteiger partial charge in [0.15, 0.2) is 11.5 Å². The first kappa shape index (κ1) is 20.4. The van der Waals surface area contributed by atoms with Gasteiger partial charge >= 0.3 is 0 Å². The molecule has 2 rings (SSSR count). The molecule has 0 unspecified atom stereocenters. The molecule has 8 heteroatoms. The summed E-state index contributed by atoms with van der Waals surface area (Å²) in [4.78, 5) is 22.5. The van der Waals surface area contributed by atoms with E-state index in [9.17, 15) is 4.79 Å². The molecule has 0 radical (unpaired) electrons. The Hall–Kier alpha value is -2.87. The molecule has 0 atom stereocenters. The van der Waals surface area contributed by atoms with Crippen molar-refractivity contribution in [3.63, 3.8) is 0 Å². The summed E-state index contributed by atoms with van der Waals surface area (Å²) in [5.74, 6) is 1.63.